The lowest BCUT2D eigenvalue weighted by molar-refractivity contribution is -0.137. The van der Waals surface area contributed by atoms with E-state index in [1.165, 1.54) is 42.1 Å². The van der Waals surface area contributed by atoms with E-state index in [0.717, 1.165) is 45.6 Å². The summed E-state index contributed by atoms with van der Waals surface area (Å²) in [5.74, 6) is 0.600. The van der Waals surface area contributed by atoms with E-state index >= 15 is 0 Å². The van der Waals surface area contributed by atoms with Gasteiger partial charge >= 0.3 is 0 Å². The number of benzene rings is 1. The largest absolute Gasteiger partial charge is 0.361 e. The second kappa shape index (κ2) is 7.61. The fraction of sp³-hybridized carbons (Fsp3) is 0.571. The quantitative estimate of drug-likeness (QED) is 0.924. The maximum absolute atomic E-state index is 13.0. The number of hydrogen-bond donors (Lipinski definition) is 1. The first-order chi connectivity index (χ1) is 12.3. The molecule has 2 fully saturated rings. The van der Waals surface area contributed by atoms with Gasteiger partial charge in [0.25, 0.3) is 0 Å². The number of likely N-dealkylation sites (tertiary alicyclic amines) is 2. The first-order valence-corrected chi connectivity index (χ1v) is 9.87. The molecule has 1 aromatic heterocycles. The molecule has 1 amide bonds. The molecule has 2 aliphatic heterocycles. The van der Waals surface area contributed by atoms with Gasteiger partial charge in [0, 0.05) is 43.3 Å². The van der Waals surface area contributed by atoms with Crippen molar-refractivity contribution in [3.05, 3.63) is 36.0 Å². The van der Waals surface area contributed by atoms with Gasteiger partial charge in [0.05, 0.1) is 5.92 Å². The minimum atomic E-state index is 0.192. The number of para-hydroxylation sites is 1. The van der Waals surface area contributed by atoms with Crippen LogP contribution in [0.5, 0.6) is 0 Å². The molecule has 4 heteroatoms. The lowest BCUT2D eigenvalue weighted by Crippen LogP contribution is -2.44. The number of amides is 1. The lowest BCUT2D eigenvalue weighted by atomic mass is 9.96. The van der Waals surface area contributed by atoms with Crippen molar-refractivity contribution >= 4 is 16.8 Å². The molecule has 25 heavy (non-hydrogen) atoms. The Morgan fingerprint density at radius 3 is 2.68 bits per heavy atom. The third kappa shape index (κ3) is 3.74. The number of nitrogens with one attached hydrogen (secondary N) is 1. The standard InChI is InChI=1S/C21H29N3O/c25-21(24-12-5-1-2-6-13-24)17-8-7-11-23(15-17)16-18-14-22-20-10-4-3-9-19(18)20/h3-4,9-10,14,17,22H,1-2,5-8,11-13,15-16H2/t17-/m1/s1. The summed E-state index contributed by atoms with van der Waals surface area (Å²) in [4.78, 5) is 20.9. The van der Waals surface area contributed by atoms with Crippen LogP contribution < -0.4 is 0 Å². The van der Waals surface area contributed by atoms with E-state index in [0.29, 0.717) is 5.91 Å². The third-order valence-electron chi connectivity index (χ3n) is 5.84. The zero-order chi connectivity index (χ0) is 17.1. The third-order valence-corrected chi connectivity index (χ3v) is 5.84. The Balaban J connectivity index is 1.41. The Kier molecular flexibility index (Phi) is 5.07. The van der Waals surface area contributed by atoms with Crippen molar-refractivity contribution in [1.82, 2.24) is 14.8 Å². The van der Waals surface area contributed by atoms with Crippen LogP contribution >= 0.6 is 0 Å². The SMILES string of the molecule is O=C([C@@H]1CCCN(Cc2c[nH]c3ccccc23)C1)N1CCCCCC1. The Bertz CT molecular complexity index is 715. The number of piperidine rings is 1. The molecule has 0 saturated carbocycles. The molecular weight excluding hydrogens is 310 g/mol. The molecule has 1 atom stereocenters. The van der Waals surface area contributed by atoms with Crippen LogP contribution in [0.25, 0.3) is 10.9 Å². The van der Waals surface area contributed by atoms with Gasteiger partial charge in [0.2, 0.25) is 5.91 Å². The number of H-pyrrole nitrogens is 1. The first kappa shape index (κ1) is 16.6. The molecule has 4 rings (SSSR count). The summed E-state index contributed by atoms with van der Waals surface area (Å²) >= 11 is 0. The van der Waals surface area contributed by atoms with Crippen molar-refractivity contribution in [2.24, 2.45) is 5.92 Å². The Morgan fingerprint density at radius 2 is 1.84 bits per heavy atom. The second-order valence-corrected chi connectivity index (χ2v) is 7.67. The highest BCUT2D eigenvalue weighted by Crippen LogP contribution is 2.25. The number of aromatic nitrogens is 1. The Hall–Kier alpha value is -1.81. The lowest BCUT2D eigenvalue weighted by Gasteiger charge is -2.34. The summed E-state index contributed by atoms with van der Waals surface area (Å²) in [5.41, 5.74) is 2.55. The van der Waals surface area contributed by atoms with Crippen LogP contribution in [0, 0.1) is 5.92 Å². The van der Waals surface area contributed by atoms with E-state index in [9.17, 15) is 4.79 Å². The number of carbonyl (C=O) groups is 1. The van der Waals surface area contributed by atoms with Gasteiger partial charge in [-0.15, -0.1) is 0 Å². The van der Waals surface area contributed by atoms with Gasteiger partial charge in [-0.05, 0) is 43.9 Å². The molecule has 1 N–H and O–H groups in total. The molecule has 0 bridgehead atoms. The number of rotatable bonds is 3. The molecule has 3 heterocycles. The fourth-order valence-electron chi connectivity index (χ4n) is 4.45. The molecule has 0 aliphatic carbocycles. The van der Waals surface area contributed by atoms with E-state index < -0.39 is 0 Å². The second-order valence-electron chi connectivity index (χ2n) is 7.67. The van der Waals surface area contributed by atoms with Gasteiger partial charge in [0.15, 0.2) is 0 Å². The number of nitrogens with zero attached hydrogens (tertiary/aromatic N) is 2. The van der Waals surface area contributed by atoms with Gasteiger partial charge in [-0.25, -0.2) is 0 Å². The van der Waals surface area contributed by atoms with Crippen molar-refractivity contribution in [1.29, 1.82) is 0 Å². The molecule has 0 radical (unpaired) electrons. The smallest absolute Gasteiger partial charge is 0.226 e. The highest BCUT2D eigenvalue weighted by atomic mass is 16.2. The summed E-state index contributed by atoms with van der Waals surface area (Å²) in [6, 6.07) is 8.48. The van der Waals surface area contributed by atoms with Gasteiger partial charge in [-0.2, -0.15) is 0 Å². The summed E-state index contributed by atoms with van der Waals surface area (Å²) in [7, 11) is 0. The van der Waals surface area contributed by atoms with Crippen molar-refractivity contribution < 1.29 is 4.79 Å². The first-order valence-electron chi connectivity index (χ1n) is 9.87. The van der Waals surface area contributed by atoms with Gasteiger partial charge < -0.3 is 9.88 Å². The summed E-state index contributed by atoms with van der Waals surface area (Å²) in [5, 5.41) is 1.31. The molecule has 2 aliphatic rings. The average molecular weight is 339 g/mol. The van der Waals surface area contributed by atoms with Gasteiger partial charge in [-0.1, -0.05) is 31.0 Å². The van der Waals surface area contributed by atoms with Crippen molar-refractivity contribution in [2.45, 2.75) is 45.1 Å². The van der Waals surface area contributed by atoms with E-state index in [2.05, 4.69) is 45.2 Å². The molecular formula is C21H29N3O. The predicted octanol–water partition coefficient (Wildman–Crippen LogP) is 3.78. The van der Waals surface area contributed by atoms with Crippen molar-refractivity contribution in [3.8, 4) is 0 Å². The highest BCUT2D eigenvalue weighted by molar-refractivity contribution is 5.83. The van der Waals surface area contributed by atoms with E-state index in [1.54, 1.807) is 0 Å². The summed E-state index contributed by atoms with van der Waals surface area (Å²) in [6.45, 7) is 4.89. The van der Waals surface area contributed by atoms with Crippen LogP contribution in [-0.2, 0) is 11.3 Å². The predicted molar refractivity (Wildman–Crippen MR) is 101 cm³/mol. The van der Waals surface area contributed by atoms with E-state index in [-0.39, 0.29) is 5.92 Å². The molecule has 134 valence electrons. The maximum Gasteiger partial charge on any atom is 0.226 e. The van der Waals surface area contributed by atoms with Crippen molar-refractivity contribution in [3.63, 3.8) is 0 Å². The fourth-order valence-corrected chi connectivity index (χ4v) is 4.45. The Morgan fingerprint density at radius 1 is 1.04 bits per heavy atom. The van der Waals surface area contributed by atoms with Crippen LogP contribution in [0.15, 0.2) is 30.5 Å². The van der Waals surface area contributed by atoms with E-state index in [4.69, 9.17) is 0 Å². The molecule has 2 saturated heterocycles. The average Bonchev–Trinajstić information content (AvgIpc) is 2.87. The van der Waals surface area contributed by atoms with Crippen molar-refractivity contribution in [2.75, 3.05) is 26.2 Å². The van der Waals surface area contributed by atoms with Crippen LogP contribution in [0.2, 0.25) is 0 Å². The minimum absolute atomic E-state index is 0.192. The van der Waals surface area contributed by atoms with Crippen LogP contribution in [0.3, 0.4) is 0 Å². The topological polar surface area (TPSA) is 39.3 Å². The van der Waals surface area contributed by atoms with Crippen LogP contribution in [0.4, 0.5) is 0 Å². The monoisotopic (exact) mass is 339 g/mol. The summed E-state index contributed by atoms with van der Waals surface area (Å²) in [6.07, 6.45) is 9.23. The minimum Gasteiger partial charge on any atom is -0.361 e. The number of hydrogen-bond acceptors (Lipinski definition) is 2. The van der Waals surface area contributed by atoms with E-state index in [1.807, 2.05) is 0 Å². The maximum atomic E-state index is 13.0. The Labute approximate surface area is 150 Å². The van der Waals surface area contributed by atoms with Gasteiger partial charge in [-0.3, -0.25) is 9.69 Å². The number of aromatic amines is 1. The molecule has 0 unspecified atom stereocenters. The number of carbonyl (C=O) groups excluding carboxylic acids is 1. The molecule has 0 spiro atoms. The van der Waals surface area contributed by atoms with Crippen LogP contribution in [-0.4, -0.2) is 46.9 Å². The normalized spacial score (nSPS) is 22.9. The highest BCUT2D eigenvalue weighted by Gasteiger charge is 2.29. The number of fused-ring (bicyclic) bond motifs is 1. The zero-order valence-corrected chi connectivity index (χ0v) is 15.0. The van der Waals surface area contributed by atoms with Gasteiger partial charge in [0.1, 0.15) is 0 Å². The zero-order valence-electron chi connectivity index (χ0n) is 15.0. The molecule has 1 aromatic carbocycles. The summed E-state index contributed by atoms with van der Waals surface area (Å²) < 4.78 is 0. The van der Waals surface area contributed by atoms with Crippen LogP contribution in [0.1, 0.15) is 44.1 Å². The molecule has 2 aromatic rings. The molecule has 4 nitrogen and oxygen atoms in total.